The summed E-state index contributed by atoms with van der Waals surface area (Å²) >= 11 is 3.07. The quantitative estimate of drug-likeness (QED) is 0.840. The summed E-state index contributed by atoms with van der Waals surface area (Å²) in [6.45, 7) is 1.34. The number of hydrogen-bond donors (Lipinski definition) is 1. The largest absolute Gasteiger partial charge is 0.452 e. The molecule has 116 valence electrons. The fourth-order valence-electron chi connectivity index (χ4n) is 1.77. The zero-order valence-corrected chi connectivity index (χ0v) is 13.5. The van der Waals surface area contributed by atoms with Crippen molar-refractivity contribution >= 4 is 33.6 Å². The number of halogens is 2. The van der Waals surface area contributed by atoms with E-state index in [2.05, 4.69) is 26.3 Å². The maximum atomic E-state index is 13.0. The zero-order valence-electron chi connectivity index (χ0n) is 11.9. The molecule has 0 saturated carbocycles. The molecule has 8 heteroatoms. The van der Waals surface area contributed by atoms with Gasteiger partial charge in [-0.1, -0.05) is 0 Å². The fourth-order valence-corrected chi connectivity index (χ4v) is 2.28. The number of aryl methyl sites for hydroxylation is 2. The summed E-state index contributed by atoms with van der Waals surface area (Å²) < 4.78 is 19.6. The summed E-state index contributed by atoms with van der Waals surface area (Å²) in [7, 11) is 1.68. The highest BCUT2D eigenvalue weighted by Crippen LogP contribution is 2.19. The highest BCUT2D eigenvalue weighted by molar-refractivity contribution is 9.10. The molecule has 0 radical (unpaired) electrons. The van der Waals surface area contributed by atoms with Crippen LogP contribution in [0, 0.1) is 12.7 Å². The first kappa shape index (κ1) is 16.2. The van der Waals surface area contributed by atoms with Crippen LogP contribution in [0.3, 0.4) is 0 Å². The molecule has 0 aliphatic carbocycles. The van der Waals surface area contributed by atoms with Crippen LogP contribution in [0.1, 0.15) is 16.1 Å². The number of carbonyl (C=O) groups excluding carboxylic acids is 2. The second kappa shape index (κ2) is 6.69. The van der Waals surface area contributed by atoms with Gasteiger partial charge in [-0.15, -0.1) is 0 Å². The number of nitrogens with zero attached hydrogens (tertiary/aromatic N) is 2. The van der Waals surface area contributed by atoms with Gasteiger partial charge in [0.05, 0.1) is 11.3 Å². The predicted octanol–water partition coefficient (Wildman–Crippen LogP) is 2.43. The Morgan fingerprint density at radius 2 is 2.14 bits per heavy atom. The van der Waals surface area contributed by atoms with E-state index in [1.54, 1.807) is 20.0 Å². The molecule has 2 aromatic rings. The molecule has 1 aromatic heterocycles. The Balaban J connectivity index is 1.93. The minimum Gasteiger partial charge on any atom is -0.452 e. The number of rotatable bonds is 4. The molecule has 0 fully saturated rings. The van der Waals surface area contributed by atoms with Gasteiger partial charge >= 0.3 is 5.97 Å². The first-order chi connectivity index (χ1) is 10.4. The van der Waals surface area contributed by atoms with Crippen LogP contribution < -0.4 is 5.32 Å². The number of hydrogen-bond acceptors (Lipinski definition) is 4. The van der Waals surface area contributed by atoms with E-state index in [0.717, 1.165) is 17.8 Å². The van der Waals surface area contributed by atoms with Crippen molar-refractivity contribution in [3.8, 4) is 0 Å². The van der Waals surface area contributed by atoms with E-state index in [4.69, 9.17) is 4.74 Å². The van der Waals surface area contributed by atoms with Crippen molar-refractivity contribution in [1.82, 2.24) is 9.78 Å². The van der Waals surface area contributed by atoms with Gasteiger partial charge in [-0.05, 0) is 41.1 Å². The van der Waals surface area contributed by atoms with E-state index in [1.807, 2.05) is 0 Å². The monoisotopic (exact) mass is 369 g/mol. The number of amides is 1. The Morgan fingerprint density at radius 3 is 2.73 bits per heavy atom. The molecule has 22 heavy (non-hydrogen) atoms. The molecular formula is C14H13BrFN3O3. The fraction of sp³-hybridized carbons (Fsp3) is 0.214. The Labute approximate surface area is 134 Å². The lowest BCUT2D eigenvalue weighted by molar-refractivity contribution is -0.119. The second-order valence-corrected chi connectivity index (χ2v) is 5.40. The van der Waals surface area contributed by atoms with Crippen molar-refractivity contribution in [3.63, 3.8) is 0 Å². The number of anilines is 1. The van der Waals surface area contributed by atoms with Crippen molar-refractivity contribution in [1.29, 1.82) is 0 Å². The maximum absolute atomic E-state index is 13.0. The van der Waals surface area contributed by atoms with Crippen molar-refractivity contribution in [2.45, 2.75) is 6.92 Å². The van der Waals surface area contributed by atoms with E-state index in [-0.39, 0.29) is 10.0 Å². The van der Waals surface area contributed by atoms with Gasteiger partial charge < -0.3 is 10.1 Å². The first-order valence-electron chi connectivity index (χ1n) is 6.29. The average Bonchev–Trinajstić information content (AvgIpc) is 2.74. The molecule has 2 rings (SSSR count). The van der Waals surface area contributed by atoms with E-state index in [1.165, 1.54) is 10.7 Å². The van der Waals surface area contributed by atoms with Crippen LogP contribution in [0.2, 0.25) is 0 Å². The van der Waals surface area contributed by atoms with Crippen molar-refractivity contribution in [3.05, 3.63) is 45.8 Å². The van der Waals surface area contributed by atoms with Gasteiger partial charge in [0.2, 0.25) is 0 Å². The van der Waals surface area contributed by atoms with Crippen molar-refractivity contribution in [2.24, 2.45) is 7.05 Å². The molecule has 1 heterocycles. The topological polar surface area (TPSA) is 73.2 Å². The molecule has 6 nitrogen and oxygen atoms in total. The van der Waals surface area contributed by atoms with Crippen LogP contribution in [-0.4, -0.2) is 28.3 Å². The maximum Gasteiger partial charge on any atom is 0.339 e. The molecule has 1 amide bonds. The highest BCUT2D eigenvalue weighted by Gasteiger charge is 2.15. The van der Waals surface area contributed by atoms with Crippen molar-refractivity contribution < 1.29 is 18.7 Å². The number of esters is 1. The van der Waals surface area contributed by atoms with E-state index in [0.29, 0.717) is 5.82 Å². The predicted molar refractivity (Wildman–Crippen MR) is 81.0 cm³/mol. The molecule has 0 atom stereocenters. The highest BCUT2D eigenvalue weighted by atomic mass is 79.9. The van der Waals surface area contributed by atoms with Crippen molar-refractivity contribution in [2.75, 3.05) is 11.9 Å². The molecule has 0 bridgehead atoms. The van der Waals surface area contributed by atoms with Gasteiger partial charge in [0.25, 0.3) is 5.91 Å². The van der Waals surface area contributed by atoms with Crippen LogP contribution in [0.15, 0.2) is 28.7 Å². The smallest absolute Gasteiger partial charge is 0.339 e. The van der Waals surface area contributed by atoms with Crippen LogP contribution in [0.5, 0.6) is 0 Å². The molecule has 0 saturated heterocycles. The summed E-state index contributed by atoms with van der Waals surface area (Å²) in [5, 5.41) is 6.65. The van der Waals surface area contributed by atoms with Gasteiger partial charge in [-0.25, -0.2) is 9.18 Å². The Kier molecular flexibility index (Phi) is 4.92. The average molecular weight is 370 g/mol. The zero-order chi connectivity index (χ0) is 16.3. The summed E-state index contributed by atoms with van der Waals surface area (Å²) in [5.41, 5.74) is 0.899. The minimum atomic E-state index is -0.719. The number of carbonyl (C=O) groups is 2. The standard InChI is InChI=1S/C14H13BrFN3O3/c1-8-5-12(19(2)18-8)17-13(20)7-22-14(21)10-4-3-9(16)6-11(10)15/h3-6H,7H2,1-2H3,(H,17,20). The second-order valence-electron chi connectivity index (χ2n) is 4.54. The normalized spacial score (nSPS) is 10.4. The van der Waals surface area contributed by atoms with Crippen LogP contribution in [0.4, 0.5) is 10.2 Å². The Hall–Kier alpha value is -2.22. The molecule has 0 aliphatic rings. The first-order valence-corrected chi connectivity index (χ1v) is 7.09. The summed E-state index contributed by atoms with van der Waals surface area (Å²) in [6.07, 6.45) is 0. The van der Waals surface area contributed by atoms with E-state index >= 15 is 0 Å². The van der Waals surface area contributed by atoms with Gasteiger partial charge in [0.1, 0.15) is 11.6 Å². The van der Waals surface area contributed by atoms with Crippen LogP contribution in [-0.2, 0) is 16.6 Å². The summed E-state index contributed by atoms with van der Waals surface area (Å²) in [6, 6.07) is 5.26. The lowest BCUT2D eigenvalue weighted by Gasteiger charge is -2.07. The summed E-state index contributed by atoms with van der Waals surface area (Å²) in [4.78, 5) is 23.6. The molecule has 0 aliphatic heterocycles. The molecule has 0 unspecified atom stereocenters. The van der Waals surface area contributed by atoms with Gasteiger partial charge in [0.15, 0.2) is 6.61 Å². The van der Waals surface area contributed by atoms with E-state index in [9.17, 15) is 14.0 Å². The number of aromatic nitrogens is 2. The molecule has 1 aromatic carbocycles. The van der Waals surface area contributed by atoms with Gasteiger partial charge in [0, 0.05) is 17.6 Å². The van der Waals surface area contributed by atoms with Crippen LogP contribution >= 0.6 is 15.9 Å². The molecule has 1 N–H and O–H groups in total. The number of nitrogens with one attached hydrogen (secondary N) is 1. The SMILES string of the molecule is Cc1cc(NC(=O)COC(=O)c2ccc(F)cc2Br)n(C)n1. The summed E-state index contributed by atoms with van der Waals surface area (Å²) in [5.74, 6) is -1.19. The third-order valence-corrected chi connectivity index (χ3v) is 3.41. The lowest BCUT2D eigenvalue weighted by atomic mass is 10.2. The van der Waals surface area contributed by atoms with Gasteiger partial charge in [-0.3, -0.25) is 9.48 Å². The molecule has 0 spiro atoms. The Bertz CT molecular complexity index is 730. The number of benzene rings is 1. The Morgan fingerprint density at radius 1 is 1.41 bits per heavy atom. The third kappa shape index (κ3) is 3.91. The lowest BCUT2D eigenvalue weighted by Crippen LogP contribution is -2.22. The van der Waals surface area contributed by atoms with Gasteiger partial charge in [-0.2, -0.15) is 5.10 Å². The molecular weight excluding hydrogens is 357 g/mol. The van der Waals surface area contributed by atoms with E-state index < -0.39 is 24.3 Å². The number of ether oxygens (including phenoxy) is 1. The third-order valence-electron chi connectivity index (χ3n) is 2.75. The van der Waals surface area contributed by atoms with Crippen LogP contribution in [0.25, 0.3) is 0 Å². The minimum absolute atomic E-state index is 0.144.